The van der Waals surface area contributed by atoms with Crippen LogP contribution in [0.15, 0.2) is 72.8 Å². The van der Waals surface area contributed by atoms with Crippen LogP contribution in [0.25, 0.3) is 0 Å². The maximum atomic E-state index is 13.0. The van der Waals surface area contributed by atoms with Crippen molar-refractivity contribution in [1.29, 1.82) is 0 Å². The predicted octanol–water partition coefficient (Wildman–Crippen LogP) is 2.90. The highest BCUT2D eigenvalue weighted by atomic mass is 16.5. The average molecular weight is 381 g/mol. The first kappa shape index (κ1) is 20.9. The van der Waals surface area contributed by atoms with Crippen molar-refractivity contribution in [3.05, 3.63) is 83.9 Å². The number of benzene rings is 2. The van der Waals surface area contributed by atoms with Crippen molar-refractivity contribution < 1.29 is 24.2 Å². The molecule has 1 atom stereocenters. The predicted molar refractivity (Wildman–Crippen MR) is 105 cm³/mol. The van der Waals surface area contributed by atoms with Crippen molar-refractivity contribution in [3.8, 4) is 0 Å². The van der Waals surface area contributed by atoms with E-state index >= 15 is 0 Å². The molecule has 0 unspecified atom stereocenters. The first-order valence-electron chi connectivity index (χ1n) is 8.99. The Bertz CT molecular complexity index is 778. The second-order valence-electron chi connectivity index (χ2n) is 6.04. The molecule has 1 amide bonds. The summed E-state index contributed by atoms with van der Waals surface area (Å²) in [5.74, 6) is -2.79. The van der Waals surface area contributed by atoms with Crippen LogP contribution in [0.4, 0.5) is 0 Å². The number of aliphatic carboxylic acids is 1. The van der Waals surface area contributed by atoms with Gasteiger partial charge in [-0.3, -0.25) is 4.79 Å². The maximum absolute atomic E-state index is 13.0. The molecule has 0 heterocycles. The summed E-state index contributed by atoms with van der Waals surface area (Å²) in [5, 5.41) is 12.0. The summed E-state index contributed by atoms with van der Waals surface area (Å²) in [7, 11) is 0. The van der Waals surface area contributed by atoms with Gasteiger partial charge >= 0.3 is 11.9 Å². The third-order valence-corrected chi connectivity index (χ3v) is 4.05. The molecule has 0 aromatic heterocycles. The Balaban J connectivity index is 2.18. The van der Waals surface area contributed by atoms with Gasteiger partial charge in [0.15, 0.2) is 0 Å². The molecule has 0 aliphatic carbocycles. The van der Waals surface area contributed by atoms with Crippen molar-refractivity contribution >= 4 is 17.8 Å². The van der Waals surface area contributed by atoms with Gasteiger partial charge in [0.1, 0.15) is 6.04 Å². The van der Waals surface area contributed by atoms with Crippen molar-refractivity contribution in [2.75, 3.05) is 6.61 Å². The summed E-state index contributed by atoms with van der Waals surface area (Å²) in [4.78, 5) is 35.9. The Labute approximate surface area is 163 Å². The number of amides is 1. The Hall–Kier alpha value is -3.41. The van der Waals surface area contributed by atoms with Crippen molar-refractivity contribution in [2.45, 2.75) is 25.3 Å². The van der Waals surface area contributed by atoms with E-state index in [9.17, 15) is 19.5 Å². The molecule has 0 spiro atoms. The number of ether oxygens (including phenoxy) is 1. The monoisotopic (exact) mass is 381 g/mol. The summed E-state index contributed by atoms with van der Waals surface area (Å²) in [6, 6.07) is 17.2. The number of rotatable bonds is 9. The molecule has 6 heteroatoms. The molecular weight excluding hydrogens is 358 g/mol. The molecule has 0 fully saturated rings. The smallest absolute Gasteiger partial charge is 0.330 e. The van der Waals surface area contributed by atoms with Crippen molar-refractivity contribution in [3.63, 3.8) is 0 Å². The van der Waals surface area contributed by atoms with Gasteiger partial charge in [-0.2, -0.15) is 0 Å². The van der Waals surface area contributed by atoms with E-state index in [4.69, 9.17) is 4.74 Å². The van der Waals surface area contributed by atoms with E-state index in [0.717, 1.165) is 17.2 Å². The first-order valence-corrected chi connectivity index (χ1v) is 8.99. The molecule has 0 aliphatic rings. The molecule has 0 aliphatic heterocycles. The van der Waals surface area contributed by atoms with Gasteiger partial charge in [-0.15, -0.1) is 0 Å². The maximum Gasteiger partial charge on any atom is 0.330 e. The van der Waals surface area contributed by atoms with E-state index in [1.54, 1.807) is 6.92 Å². The molecule has 6 nitrogen and oxygen atoms in total. The third-order valence-electron chi connectivity index (χ3n) is 4.05. The molecule has 0 radical (unpaired) electrons. The number of esters is 1. The number of hydrogen-bond donors (Lipinski definition) is 2. The molecule has 28 heavy (non-hydrogen) atoms. The number of carboxylic acid groups (broad SMARTS) is 1. The largest absolute Gasteiger partial charge is 0.480 e. The van der Waals surface area contributed by atoms with Gasteiger partial charge < -0.3 is 15.2 Å². The van der Waals surface area contributed by atoms with Crippen LogP contribution in [-0.2, 0) is 19.1 Å². The van der Waals surface area contributed by atoms with Crippen molar-refractivity contribution in [2.24, 2.45) is 0 Å². The zero-order valence-corrected chi connectivity index (χ0v) is 15.6. The minimum atomic E-state index is -1.18. The van der Waals surface area contributed by atoms with Gasteiger partial charge in [-0.05, 0) is 24.5 Å². The fraction of sp³-hybridized carbons (Fsp3) is 0.227. The number of nitrogens with one attached hydrogen (secondary N) is 1. The fourth-order valence-corrected chi connectivity index (χ4v) is 2.75. The molecule has 146 valence electrons. The molecule has 2 aromatic rings. The van der Waals surface area contributed by atoms with E-state index in [0.29, 0.717) is 0 Å². The zero-order valence-electron chi connectivity index (χ0n) is 15.6. The summed E-state index contributed by atoms with van der Waals surface area (Å²) in [6.45, 7) is 1.91. The summed E-state index contributed by atoms with van der Waals surface area (Å²) < 4.78 is 4.76. The number of carboxylic acids is 1. The second kappa shape index (κ2) is 10.7. The zero-order chi connectivity index (χ0) is 20.4. The standard InChI is InChI=1S/C22H23NO5/c1-2-28-19(24)15-9-14-18(22(26)27)23-21(25)20(16-10-5-3-6-11-16)17-12-7-4-8-13-17/h3-13,15,18,20H,2,14H2,1H3,(H,23,25)(H,26,27)/b15-9+/t18-/m1/s1. The van der Waals surface area contributed by atoms with Crippen LogP contribution in [0.5, 0.6) is 0 Å². The molecule has 0 saturated heterocycles. The topological polar surface area (TPSA) is 92.7 Å². The first-order chi connectivity index (χ1) is 13.5. The van der Waals surface area contributed by atoms with Crippen LogP contribution < -0.4 is 5.32 Å². The van der Waals surface area contributed by atoms with Crippen LogP contribution in [0, 0.1) is 0 Å². The number of carbonyl (C=O) groups excluding carboxylic acids is 2. The lowest BCUT2D eigenvalue weighted by Crippen LogP contribution is -2.43. The Kier molecular flexibility index (Phi) is 7.96. The third kappa shape index (κ3) is 6.09. The van der Waals surface area contributed by atoms with Gasteiger partial charge in [0.2, 0.25) is 5.91 Å². The Morgan fingerprint density at radius 2 is 1.54 bits per heavy atom. The van der Waals surface area contributed by atoms with Gasteiger partial charge in [0.05, 0.1) is 12.5 Å². The molecule has 2 aromatic carbocycles. The average Bonchev–Trinajstić information content (AvgIpc) is 2.69. The Morgan fingerprint density at radius 3 is 2.00 bits per heavy atom. The van der Waals surface area contributed by atoms with Crippen LogP contribution in [0.1, 0.15) is 30.4 Å². The van der Waals surface area contributed by atoms with E-state index in [-0.39, 0.29) is 13.0 Å². The quantitative estimate of drug-likeness (QED) is 0.515. The van der Waals surface area contributed by atoms with Gasteiger partial charge in [0, 0.05) is 6.08 Å². The highest BCUT2D eigenvalue weighted by Gasteiger charge is 2.27. The fourth-order valence-electron chi connectivity index (χ4n) is 2.75. The lowest BCUT2D eigenvalue weighted by Gasteiger charge is -2.20. The van der Waals surface area contributed by atoms with E-state index in [1.807, 2.05) is 60.7 Å². The highest BCUT2D eigenvalue weighted by Crippen LogP contribution is 2.25. The number of carbonyl (C=O) groups is 3. The number of hydrogen-bond acceptors (Lipinski definition) is 4. The summed E-state index contributed by atoms with van der Waals surface area (Å²) in [5.41, 5.74) is 1.52. The molecule has 2 N–H and O–H groups in total. The second-order valence-corrected chi connectivity index (χ2v) is 6.04. The highest BCUT2D eigenvalue weighted by molar-refractivity contribution is 5.90. The van der Waals surface area contributed by atoms with Crippen molar-refractivity contribution in [1.82, 2.24) is 5.32 Å². The SMILES string of the molecule is CCOC(=O)/C=C/C[C@@H](NC(=O)C(c1ccccc1)c1ccccc1)C(=O)O. The molecule has 2 rings (SSSR count). The van der Waals surface area contributed by atoms with Crippen LogP contribution >= 0.6 is 0 Å². The van der Waals surface area contributed by atoms with Crippen LogP contribution in [-0.4, -0.2) is 35.6 Å². The lowest BCUT2D eigenvalue weighted by molar-refractivity contribution is -0.142. The van der Waals surface area contributed by atoms with Crippen LogP contribution in [0.3, 0.4) is 0 Å². The Morgan fingerprint density at radius 1 is 1.00 bits per heavy atom. The summed E-state index contributed by atoms with van der Waals surface area (Å²) in [6.07, 6.45) is 2.52. The van der Waals surface area contributed by atoms with Gasteiger partial charge in [0.25, 0.3) is 0 Å². The van der Waals surface area contributed by atoms with Gasteiger partial charge in [-0.25, -0.2) is 9.59 Å². The molecular formula is C22H23NO5. The van der Waals surface area contributed by atoms with E-state index in [2.05, 4.69) is 5.32 Å². The minimum absolute atomic E-state index is 0.0316. The normalized spacial score (nSPS) is 11.9. The molecule has 0 saturated carbocycles. The minimum Gasteiger partial charge on any atom is -0.480 e. The van der Waals surface area contributed by atoms with Crippen LogP contribution in [0.2, 0.25) is 0 Å². The molecule has 0 bridgehead atoms. The van der Waals surface area contributed by atoms with E-state index in [1.165, 1.54) is 6.08 Å². The lowest BCUT2D eigenvalue weighted by atomic mass is 9.90. The van der Waals surface area contributed by atoms with E-state index < -0.39 is 29.8 Å². The van der Waals surface area contributed by atoms with Gasteiger partial charge in [-0.1, -0.05) is 66.7 Å². The summed E-state index contributed by atoms with van der Waals surface area (Å²) >= 11 is 0.